The topological polar surface area (TPSA) is 50.9 Å². The number of hydrogen-bond donors (Lipinski definition) is 2. The fourth-order valence-corrected chi connectivity index (χ4v) is 3.35. The lowest BCUT2D eigenvalue weighted by Gasteiger charge is -2.17. The first-order valence-corrected chi connectivity index (χ1v) is 7.47. The number of aromatic nitrogens is 1. The van der Waals surface area contributed by atoms with Gasteiger partial charge < -0.3 is 11.1 Å². The van der Waals surface area contributed by atoms with Crippen LogP contribution in [0.5, 0.6) is 0 Å². The van der Waals surface area contributed by atoms with Gasteiger partial charge in [0.05, 0.1) is 22.0 Å². The second-order valence-electron chi connectivity index (χ2n) is 4.10. The van der Waals surface area contributed by atoms with Gasteiger partial charge in [-0.05, 0) is 41.4 Å². The van der Waals surface area contributed by atoms with Crippen molar-refractivity contribution < 1.29 is 0 Å². The second kappa shape index (κ2) is 5.27. The average molecular weight is 302 g/mol. The van der Waals surface area contributed by atoms with E-state index >= 15 is 0 Å². The molecule has 1 aliphatic carbocycles. The number of anilines is 2. The van der Waals surface area contributed by atoms with E-state index < -0.39 is 0 Å². The maximum Gasteiger partial charge on any atom is 0.0752 e. The molecule has 3 N–H and O–H groups in total. The highest BCUT2D eigenvalue weighted by Gasteiger charge is 2.24. The third-order valence-corrected chi connectivity index (χ3v) is 4.69. The van der Waals surface area contributed by atoms with Gasteiger partial charge in [0.1, 0.15) is 0 Å². The van der Waals surface area contributed by atoms with E-state index in [0.717, 1.165) is 15.4 Å². The monoisotopic (exact) mass is 301 g/mol. The third-order valence-electron chi connectivity index (χ3n) is 3.00. The number of rotatable bonds is 3. The largest absolute Gasteiger partial charge is 0.396 e. The van der Waals surface area contributed by atoms with Gasteiger partial charge in [0, 0.05) is 17.5 Å². The van der Waals surface area contributed by atoms with Crippen molar-refractivity contribution in [1.29, 1.82) is 0 Å². The molecular formula is C11H16BrN3S. The maximum absolute atomic E-state index is 5.91. The number of nitrogens with two attached hydrogens (primary N) is 1. The molecule has 1 heterocycles. The van der Waals surface area contributed by atoms with Gasteiger partial charge in [-0.15, -0.1) is 0 Å². The number of hydrogen-bond acceptors (Lipinski definition) is 4. The number of pyridine rings is 1. The van der Waals surface area contributed by atoms with Gasteiger partial charge in [-0.3, -0.25) is 4.98 Å². The standard InChI is InChI=1S/C11H16BrN3S/c1-16-8-3-2-7(4-8)15-11-9(12)5-14-6-10(11)13/h5-8H,2-4,13H2,1H3,(H,14,15). The number of nitrogen functional groups attached to an aromatic ring is 1. The summed E-state index contributed by atoms with van der Waals surface area (Å²) in [7, 11) is 0. The molecule has 1 fully saturated rings. The number of nitrogens with one attached hydrogen (secondary N) is 1. The highest BCUT2D eigenvalue weighted by molar-refractivity contribution is 9.10. The first kappa shape index (κ1) is 12.0. The van der Waals surface area contributed by atoms with Crippen LogP contribution in [0, 0.1) is 0 Å². The van der Waals surface area contributed by atoms with Crippen molar-refractivity contribution in [2.45, 2.75) is 30.6 Å². The van der Waals surface area contributed by atoms with Crippen LogP contribution in [0.15, 0.2) is 16.9 Å². The minimum Gasteiger partial charge on any atom is -0.396 e. The Morgan fingerprint density at radius 3 is 2.94 bits per heavy atom. The van der Waals surface area contributed by atoms with Crippen molar-refractivity contribution in [3.8, 4) is 0 Å². The zero-order chi connectivity index (χ0) is 11.5. The second-order valence-corrected chi connectivity index (χ2v) is 6.09. The van der Waals surface area contributed by atoms with Crippen molar-refractivity contribution in [3.05, 3.63) is 16.9 Å². The summed E-state index contributed by atoms with van der Waals surface area (Å²) in [5.41, 5.74) is 7.60. The summed E-state index contributed by atoms with van der Waals surface area (Å²) in [5.74, 6) is 0. The Labute approximate surface area is 109 Å². The Balaban J connectivity index is 2.04. The molecule has 1 aromatic rings. The summed E-state index contributed by atoms with van der Waals surface area (Å²) in [6.45, 7) is 0. The Bertz CT molecular complexity index is 352. The number of thioether (sulfide) groups is 1. The van der Waals surface area contributed by atoms with E-state index in [1.165, 1.54) is 19.3 Å². The van der Waals surface area contributed by atoms with Gasteiger partial charge in [-0.2, -0.15) is 11.8 Å². The summed E-state index contributed by atoms with van der Waals surface area (Å²) < 4.78 is 0.945. The molecule has 0 radical (unpaired) electrons. The van der Waals surface area contributed by atoms with E-state index in [9.17, 15) is 0 Å². The summed E-state index contributed by atoms with van der Waals surface area (Å²) in [4.78, 5) is 4.03. The molecule has 3 nitrogen and oxygen atoms in total. The summed E-state index contributed by atoms with van der Waals surface area (Å²) >= 11 is 5.44. The first-order chi connectivity index (χ1) is 7.70. The maximum atomic E-state index is 5.91. The molecule has 88 valence electrons. The molecule has 1 aliphatic rings. The van der Waals surface area contributed by atoms with Crippen LogP contribution >= 0.6 is 27.7 Å². The molecule has 1 aromatic heterocycles. The molecule has 2 atom stereocenters. The Morgan fingerprint density at radius 1 is 1.50 bits per heavy atom. The van der Waals surface area contributed by atoms with Gasteiger partial charge >= 0.3 is 0 Å². The van der Waals surface area contributed by atoms with Crippen LogP contribution in [-0.4, -0.2) is 22.5 Å². The SMILES string of the molecule is CSC1CCC(Nc2c(N)cncc2Br)C1. The molecule has 2 unspecified atom stereocenters. The molecule has 5 heteroatoms. The highest BCUT2D eigenvalue weighted by Crippen LogP contribution is 2.34. The number of halogens is 1. The predicted molar refractivity (Wildman–Crippen MR) is 74.9 cm³/mol. The van der Waals surface area contributed by atoms with Crippen molar-refractivity contribution in [1.82, 2.24) is 4.98 Å². The lowest BCUT2D eigenvalue weighted by Crippen LogP contribution is -2.17. The van der Waals surface area contributed by atoms with E-state index in [1.807, 2.05) is 11.8 Å². The van der Waals surface area contributed by atoms with Crippen molar-refractivity contribution >= 4 is 39.1 Å². The minimum absolute atomic E-state index is 0.540. The predicted octanol–water partition coefficient (Wildman–Crippen LogP) is 3.12. The van der Waals surface area contributed by atoms with Gasteiger partial charge in [0.25, 0.3) is 0 Å². The van der Waals surface area contributed by atoms with Crippen molar-refractivity contribution in [2.75, 3.05) is 17.3 Å². The fraction of sp³-hybridized carbons (Fsp3) is 0.545. The van der Waals surface area contributed by atoms with Crippen LogP contribution in [0.4, 0.5) is 11.4 Å². The molecule has 16 heavy (non-hydrogen) atoms. The Kier molecular flexibility index (Phi) is 3.97. The van der Waals surface area contributed by atoms with E-state index in [1.54, 1.807) is 12.4 Å². The molecule has 0 saturated heterocycles. The smallest absolute Gasteiger partial charge is 0.0752 e. The summed E-state index contributed by atoms with van der Waals surface area (Å²) in [5, 5.41) is 4.31. The number of nitrogens with zero attached hydrogens (tertiary/aromatic N) is 1. The van der Waals surface area contributed by atoms with E-state index in [4.69, 9.17) is 5.73 Å². The van der Waals surface area contributed by atoms with Gasteiger partial charge in [-0.1, -0.05) is 0 Å². The third kappa shape index (κ3) is 2.63. The quantitative estimate of drug-likeness (QED) is 0.900. The van der Waals surface area contributed by atoms with E-state index in [0.29, 0.717) is 11.7 Å². The average Bonchev–Trinajstić information content (AvgIpc) is 2.71. The lowest BCUT2D eigenvalue weighted by molar-refractivity contribution is 0.756. The molecular weight excluding hydrogens is 286 g/mol. The Morgan fingerprint density at radius 2 is 2.31 bits per heavy atom. The van der Waals surface area contributed by atoms with Gasteiger partial charge in [0.15, 0.2) is 0 Å². The van der Waals surface area contributed by atoms with Crippen LogP contribution in [0.2, 0.25) is 0 Å². The molecule has 0 spiro atoms. The molecule has 0 bridgehead atoms. The summed E-state index contributed by atoms with van der Waals surface area (Å²) in [6.07, 6.45) is 9.38. The molecule has 0 aliphatic heterocycles. The zero-order valence-electron chi connectivity index (χ0n) is 9.24. The van der Waals surface area contributed by atoms with Gasteiger partial charge in [0.2, 0.25) is 0 Å². The van der Waals surface area contributed by atoms with Crippen LogP contribution in [-0.2, 0) is 0 Å². The minimum atomic E-state index is 0.540. The van der Waals surface area contributed by atoms with Crippen molar-refractivity contribution in [2.24, 2.45) is 0 Å². The normalized spacial score (nSPS) is 24.6. The van der Waals surface area contributed by atoms with Crippen LogP contribution < -0.4 is 11.1 Å². The van der Waals surface area contributed by atoms with Crippen LogP contribution in [0.25, 0.3) is 0 Å². The van der Waals surface area contributed by atoms with Crippen LogP contribution in [0.3, 0.4) is 0 Å². The molecule has 0 aromatic carbocycles. The van der Waals surface area contributed by atoms with Crippen molar-refractivity contribution in [3.63, 3.8) is 0 Å². The summed E-state index contributed by atoms with van der Waals surface area (Å²) in [6, 6.07) is 0.540. The lowest BCUT2D eigenvalue weighted by atomic mass is 10.2. The zero-order valence-corrected chi connectivity index (χ0v) is 11.6. The molecule has 2 rings (SSSR count). The molecule has 0 amide bonds. The van der Waals surface area contributed by atoms with Crippen LogP contribution in [0.1, 0.15) is 19.3 Å². The fourth-order valence-electron chi connectivity index (χ4n) is 2.09. The first-order valence-electron chi connectivity index (χ1n) is 5.39. The van der Waals surface area contributed by atoms with Gasteiger partial charge in [-0.25, -0.2) is 0 Å². The van der Waals surface area contributed by atoms with E-state index in [2.05, 4.69) is 32.5 Å². The molecule has 1 saturated carbocycles. The van der Waals surface area contributed by atoms with E-state index in [-0.39, 0.29) is 0 Å². The highest BCUT2D eigenvalue weighted by atomic mass is 79.9. The Hall–Kier alpha value is -0.420.